The Morgan fingerprint density at radius 3 is 3.06 bits per heavy atom. The maximum atomic E-state index is 11.5. The number of rotatable bonds is 2. The highest BCUT2D eigenvalue weighted by molar-refractivity contribution is 6.29. The number of benzene rings is 1. The number of hydrogen-bond acceptors (Lipinski definition) is 4. The van der Waals surface area contributed by atoms with Crippen molar-refractivity contribution < 1.29 is 14.3 Å². The SMILES string of the molecule is CCOC(=O)c1ccc2c(c1)N=CC(=O)C2. The molecule has 82 valence electrons. The molecule has 0 aromatic heterocycles. The minimum Gasteiger partial charge on any atom is -0.462 e. The van der Waals surface area contributed by atoms with Crippen molar-refractivity contribution in [3.05, 3.63) is 29.3 Å². The lowest BCUT2D eigenvalue weighted by Gasteiger charge is -2.09. The number of hydrogen-bond donors (Lipinski definition) is 0. The summed E-state index contributed by atoms with van der Waals surface area (Å²) in [5.74, 6) is -0.381. The number of aliphatic imine (C=N–C) groups is 1. The Morgan fingerprint density at radius 2 is 2.31 bits per heavy atom. The summed E-state index contributed by atoms with van der Waals surface area (Å²) in [6, 6.07) is 5.05. The van der Waals surface area contributed by atoms with Gasteiger partial charge >= 0.3 is 5.97 Å². The van der Waals surface area contributed by atoms with Gasteiger partial charge in [-0.3, -0.25) is 9.79 Å². The van der Waals surface area contributed by atoms with Crippen LogP contribution in [0, 0.1) is 0 Å². The van der Waals surface area contributed by atoms with E-state index in [0.29, 0.717) is 24.3 Å². The first kappa shape index (κ1) is 10.5. The van der Waals surface area contributed by atoms with E-state index in [4.69, 9.17) is 4.74 Å². The minimum absolute atomic E-state index is 0.0172. The molecule has 0 fully saturated rings. The van der Waals surface area contributed by atoms with Crippen LogP contribution in [0.4, 0.5) is 5.69 Å². The lowest BCUT2D eigenvalue weighted by Crippen LogP contribution is -2.10. The Hall–Kier alpha value is -1.97. The molecule has 2 rings (SSSR count). The maximum Gasteiger partial charge on any atom is 0.338 e. The summed E-state index contributed by atoms with van der Waals surface area (Å²) in [4.78, 5) is 26.6. The van der Waals surface area contributed by atoms with Crippen molar-refractivity contribution in [2.75, 3.05) is 6.61 Å². The summed E-state index contributed by atoms with van der Waals surface area (Å²) in [5.41, 5.74) is 1.98. The zero-order valence-electron chi connectivity index (χ0n) is 8.90. The van der Waals surface area contributed by atoms with Gasteiger partial charge in [0.15, 0.2) is 5.78 Å². The van der Waals surface area contributed by atoms with Gasteiger partial charge in [-0.2, -0.15) is 0 Å². The van der Waals surface area contributed by atoms with Crippen molar-refractivity contribution in [2.45, 2.75) is 13.3 Å². The number of esters is 1. The molecular formula is C12H11NO3. The minimum atomic E-state index is -0.364. The number of carbonyl (C=O) groups excluding carboxylic acids is 2. The number of ether oxygens (including phenoxy) is 1. The normalized spacial score (nSPS) is 13.4. The van der Waals surface area contributed by atoms with Gasteiger partial charge in [0.1, 0.15) is 0 Å². The molecule has 4 heteroatoms. The number of nitrogens with zero attached hydrogens (tertiary/aromatic N) is 1. The van der Waals surface area contributed by atoms with Crippen LogP contribution in [0.2, 0.25) is 0 Å². The van der Waals surface area contributed by atoms with Gasteiger partial charge in [-0.05, 0) is 24.6 Å². The van der Waals surface area contributed by atoms with Crippen molar-refractivity contribution in [3.8, 4) is 0 Å². The fourth-order valence-electron chi connectivity index (χ4n) is 1.55. The van der Waals surface area contributed by atoms with Crippen LogP contribution in [0.3, 0.4) is 0 Å². The molecule has 0 bridgehead atoms. The summed E-state index contributed by atoms with van der Waals surface area (Å²) in [6.45, 7) is 2.10. The van der Waals surface area contributed by atoms with Gasteiger partial charge in [-0.15, -0.1) is 0 Å². The second kappa shape index (κ2) is 4.26. The molecule has 0 radical (unpaired) electrons. The second-order valence-electron chi connectivity index (χ2n) is 3.47. The molecule has 4 nitrogen and oxygen atoms in total. The summed E-state index contributed by atoms with van der Waals surface area (Å²) >= 11 is 0. The van der Waals surface area contributed by atoms with Crippen LogP contribution in [0.15, 0.2) is 23.2 Å². The number of Topliss-reactive ketones (excluding diaryl/α,β-unsaturated/α-hetero) is 1. The number of ketones is 1. The van der Waals surface area contributed by atoms with Gasteiger partial charge < -0.3 is 4.74 Å². The lowest BCUT2D eigenvalue weighted by atomic mass is 10.0. The van der Waals surface area contributed by atoms with Crippen molar-refractivity contribution >= 4 is 23.7 Å². The fourth-order valence-corrected chi connectivity index (χ4v) is 1.55. The predicted octanol–water partition coefficient (Wildman–Crippen LogP) is 1.69. The predicted molar refractivity (Wildman–Crippen MR) is 59.3 cm³/mol. The van der Waals surface area contributed by atoms with Gasteiger partial charge in [0.05, 0.1) is 24.1 Å². The molecule has 0 N–H and O–H groups in total. The molecule has 0 aliphatic carbocycles. The molecule has 0 saturated carbocycles. The molecule has 0 atom stereocenters. The van der Waals surface area contributed by atoms with Gasteiger partial charge in [-0.25, -0.2) is 4.79 Å². The molecule has 1 aliphatic rings. The molecule has 0 spiro atoms. The molecule has 1 aliphatic heterocycles. The van der Waals surface area contributed by atoms with Crippen LogP contribution in [0.25, 0.3) is 0 Å². The van der Waals surface area contributed by atoms with Gasteiger partial charge in [0.2, 0.25) is 0 Å². The van der Waals surface area contributed by atoms with Crippen LogP contribution in [-0.2, 0) is 16.0 Å². The van der Waals surface area contributed by atoms with Gasteiger partial charge in [0, 0.05) is 6.42 Å². The zero-order valence-corrected chi connectivity index (χ0v) is 8.90. The molecular weight excluding hydrogens is 206 g/mol. The molecule has 1 aromatic carbocycles. The largest absolute Gasteiger partial charge is 0.462 e. The van der Waals surface area contributed by atoms with E-state index in [1.165, 1.54) is 6.21 Å². The third-order valence-electron chi connectivity index (χ3n) is 2.31. The first-order valence-corrected chi connectivity index (χ1v) is 5.07. The van der Waals surface area contributed by atoms with Crippen LogP contribution < -0.4 is 0 Å². The lowest BCUT2D eigenvalue weighted by molar-refractivity contribution is -0.112. The first-order valence-electron chi connectivity index (χ1n) is 5.07. The summed E-state index contributed by atoms with van der Waals surface area (Å²) in [7, 11) is 0. The third-order valence-corrected chi connectivity index (χ3v) is 2.31. The topological polar surface area (TPSA) is 55.7 Å². The Kier molecular flexibility index (Phi) is 2.81. The standard InChI is InChI=1S/C12H11NO3/c1-2-16-12(15)9-4-3-8-5-10(14)7-13-11(8)6-9/h3-4,6-7H,2,5H2,1H3. The van der Waals surface area contributed by atoms with E-state index in [9.17, 15) is 9.59 Å². The molecule has 1 heterocycles. The van der Waals surface area contributed by atoms with E-state index in [-0.39, 0.29) is 11.8 Å². The van der Waals surface area contributed by atoms with Gasteiger partial charge in [0.25, 0.3) is 0 Å². The summed E-state index contributed by atoms with van der Waals surface area (Å²) in [5, 5.41) is 0. The Labute approximate surface area is 92.9 Å². The second-order valence-corrected chi connectivity index (χ2v) is 3.47. The van der Waals surface area contributed by atoms with E-state index in [0.717, 1.165) is 5.56 Å². The highest BCUT2D eigenvalue weighted by Crippen LogP contribution is 2.24. The van der Waals surface area contributed by atoms with Crippen molar-refractivity contribution in [2.24, 2.45) is 4.99 Å². The van der Waals surface area contributed by atoms with E-state index in [1.54, 1.807) is 25.1 Å². The molecule has 0 amide bonds. The van der Waals surface area contributed by atoms with E-state index < -0.39 is 0 Å². The first-order chi connectivity index (χ1) is 7.70. The van der Waals surface area contributed by atoms with Crippen LogP contribution in [-0.4, -0.2) is 24.6 Å². The number of fused-ring (bicyclic) bond motifs is 1. The fraction of sp³-hybridized carbons (Fsp3) is 0.250. The average Bonchev–Trinajstić information content (AvgIpc) is 2.28. The van der Waals surface area contributed by atoms with Crippen LogP contribution in [0.1, 0.15) is 22.8 Å². The van der Waals surface area contributed by atoms with Crippen LogP contribution in [0.5, 0.6) is 0 Å². The number of carbonyl (C=O) groups is 2. The maximum absolute atomic E-state index is 11.5. The Balaban J connectivity index is 2.31. The quantitative estimate of drug-likeness (QED) is 0.708. The van der Waals surface area contributed by atoms with E-state index in [2.05, 4.69) is 4.99 Å². The summed E-state index contributed by atoms with van der Waals surface area (Å²) < 4.78 is 4.88. The van der Waals surface area contributed by atoms with E-state index >= 15 is 0 Å². The summed E-state index contributed by atoms with van der Waals surface area (Å²) in [6.07, 6.45) is 1.64. The zero-order chi connectivity index (χ0) is 11.5. The monoisotopic (exact) mass is 217 g/mol. The van der Waals surface area contributed by atoms with Gasteiger partial charge in [-0.1, -0.05) is 6.07 Å². The smallest absolute Gasteiger partial charge is 0.338 e. The molecule has 1 aromatic rings. The van der Waals surface area contributed by atoms with Crippen molar-refractivity contribution in [1.82, 2.24) is 0 Å². The Bertz CT molecular complexity index is 477. The highest BCUT2D eigenvalue weighted by atomic mass is 16.5. The molecule has 16 heavy (non-hydrogen) atoms. The van der Waals surface area contributed by atoms with Crippen molar-refractivity contribution in [1.29, 1.82) is 0 Å². The molecule has 0 unspecified atom stereocenters. The average molecular weight is 217 g/mol. The molecule has 0 saturated heterocycles. The highest BCUT2D eigenvalue weighted by Gasteiger charge is 2.14. The van der Waals surface area contributed by atoms with Crippen LogP contribution >= 0.6 is 0 Å². The van der Waals surface area contributed by atoms with Crippen molar-refractivity contribution in [3.63, 3.8) is 0 Å². The van der Waals surface area contributed by atoms with E-state index in [1.807, 2.05) is 0 Å². The Morgan fingerprint density at radius 1 is 1.50 bits per heavy atom. The third kappa shape index (κ3) is 2.00.